The van der Waals surface area contributed by atoms with Gasteiger partial charge in [0, 0.05) is 18.3 Å². The molecule has 1 spiro atoms. The zero-order valence-electron chi connectivity index (χ0n) is 17.7. The van der Waals surface area contributed by atoms with Crippen molar-refractivity contribution in [3.63, 3.8) is 0 Å². The van der Waals surface area contributed by atoms with E-state index < -0.39 is 15.7 Å². The number of anilines is 3. The molecule has 5 rings (SSSR count). The third kappa shape index (κ3) is 3.52. The Kier molecular flexibility index (Phi) is 4.93. The number of carbonyl (C=O) groups is 1. The highest BCUT2D eigenvalue weighted by Gasteiger charge is 2.46. The quantitative estimate of drug-likeness (QED) is 0.603. The molecule has 1 fully saturated rings. The second-order valence-corrected chi connectivity index (χ2v) is 9.94. The zero-order valence-corrected chi connectivity index (χ0v) is 18.5. The van der Waals surface area contributed by atoms with Crippen molar-refractivity contribution in [2.75, 3.05) is 14.9 Å². The number of benzene rings is 2. The number of oxazole rings is 1. The van der Waals surface area contributed by atoms with Crippen molar-refractivity contribution in [2.45, 2.75) is 49.6 Å². The number of rotatable bonds is 4. The summed E-state index contributed by atoms with van der Waals surface area (Å²) in [5.41, 5.74) is 1.61. The number of nitrogens with one attached hydrogen (secondary N) is 2. The topological polar surface area (TPSA) is 105 Å². The lowest BCUT2D eigenvalue weighted by Gasteiger charge is -2.50. The van der Waals surface area contributed by atoms with Crippen LogP contribution in [0.1, 0.15) is 48.4 Å². The van der Waals surface area contributed by atoms with Gasteiger partial charge in [-0.05, 0) is 62.1 Å². The molecule has 2 heterocycles. The van der Waals surface area contributed by atoms with Gasteiger partial charge in [0.1, 0.15) is 11.9 Å². The van der Waals surface area contributed by atoms with Crippen molar-refractivity contribution >= 4 is 33.1 Å². The van der Waals surface area contributed by atoms with Crippen molar-refractivity contribution < 1.29 is 17.6 Å². The summed E-state index contributed by atoms with van der Waals surface area (Å²) in [5, 5.41) is 3.63. The molecule has 2 aliphatic rings. The monoisotopic (exact) mass is 452 g/mol. The molecule has 2 N–H and O–H groups in total. The van der Waals surface area contributed by atoms with Crippen molar-refractivity contribution in [3.8, 4) is 0 Å². The minimum atomic E-state index is -3.83. The third-order valence-corrected chi connectivity index (χ3v) is 7.47. The number of fused-ring (bicyclic) bond motifs is 1. The van der Waals surface area contributed by atoms with E-state index in [0.717, 1.165) is 37.8 Å². The van der Waals surface area contributed by atoms with E-state index >= 15 is 0 Å². The normalized spacial score (nSPS) is 17.7. The number of nitrogens with zero attached hydrogens (tertiary/aromatic N) is 2. The minimum Gasteiger partial charge on any atom is -0.447 e. The molecular formula is C23H24N4O4S. The number of para-hydroxylation sites is 1. The van der Waals surface area contributed by atoms with E-state index in [1.165, 1.54) is 18.4 Å². The van der Waals surface area contributed by atoms with Gasteiger partial charge in [0.25, 0.3) is 15.9 Å². The molecule has 1 aliphatic heterocycles. The summed E-state index contributed by atoms with van der Waals surface area (Å²) in [7, 11) is -3.83. The number of aryl methyl sites for hydroxylation is 1. The summed E-state index contributed by atoms with van der Waals surface area (Å²) in [6.07, 6.45) is 6.10. The molecule has 32 heavy (non-hydrogen) atoms. The van der Waals surface area contributed by atoms with E-state index in [-0.39, 0.29) is 16.6 Å². The SMILES string of the molecule is Cc1nc(NS(=O)(=O)c2ccc(N3C(=O)c4ccccc4NC34CCCCC4)cc2)co1. The van der Waals surface area contributed by atoms with Crippen molar-refractivity contribution in [3.05, 3.63) is 66.2 Å². The lowest BCUT2D eigenvalue weighted by Crippen LogP contribution is -2.61. The van der Waals surface area contributed by atoms with Crippen LogP contribution >= 0.6 is 0 Å². The Balaban J connectivity index is 1.49. The summed E-state index contributed by atoms with van der Waals surface area (Å²) in [6, 6.07) is 13.9. The van der Waals surface area contributed by atoms with Crippen LogP contribution < -0.4 is 14.9 Å². The molecule has 166 valence electrons. The van der Waals surface area contributed by atoms with E-state index in [1.807, 2.05) is 24.3 Å². The molecule has 0 atom stereocenters. The minimum absolute atomic E-state index is 0.0759. The number of carbonyl (C=O) groups excluding carboxylic acids is 1. The standard InChI is InChI=1S/C23H24N4O4S/c1-16-24-21(15-31-16)26-32(29,30)18-11-9-17(10-12-18)27-22(28)19-7-3-4-8-20(19)25-23(27)13-5-2-6-14-23/h3-4,7-12,15,25-26H,2,5-6,13-14H2,1H3. The summed E-state index contributed by atoms with van der Waals surface area (Å²) in [6.45, 7) is 1.63. The summed E-state index contributed by atoms with van der Waals surface area (Å²) in [4.78, 5) is 19.4. The van der Waals surface area contributed by atoms with E-state index in [0.29, 0.717) is 17.1 Å². The van der Waals surface area contributed by atoms with Gasteiger partial charge in [-0.1, -0.05) is 18.6 Å². The van der Waals surface area contributed by atoms with Crippen LogP contribution in [0.15, 0.2) is 64.1 Å². The fraction of sp³-hybridized carbons (Fsp3) is 0.304. The molecule has 3 aromatic rings. The summed E-state index contributed by atoms with van der Waals surface area (Å²) in [5.74, 6) is 0.417. The van der Waals surface area contributed by atoms with Gasteiger partial charge in [-0.3, -0.25) is 14.4 Å². The highest BCUT2D eigenvalue weighted by Crippen LogP contribution is 2.43. The Hall–Kier alpha value is -3.33. The Bertz CT molecular complexity index is 1260. The third-order valence-electron chi connectivity index (χ3n) is 6.10. The molecule has 2 aromatic carbocycles. The number of amides is 1. The van der Waals surface area contributed by atoms with E-state index in [9.17, 15) is 13.2 Å². The fourth-order valence-electron chi connectivity index (χ4n) is 4.63. The average Bonchev–Trinajstić information content (AvgIpc) is 3.18. The summed E-state index contributed by atoms with van der Waals surface area (Å²) < 4.78 is 32.9. The Morgan fingerprint density at radius 2 is 1.78 bits per heavy atom. The highest BCUT2D eigenvalue weighted by molar-refractivity contribution is 7.92. The molecule has 1 saturated carbocycles. The predicted octanol–water partition coefficient (Wildman–Crippen LogP) is 4.52. The van der Waals surface area contributed by atoms with Crippen LogP contribution in [-0.4, -0.2) is 25.0 Å². The van der Waals surface area contributed by atoms with Crippen molar-refractivity contribution in [1.29, 1.82) is 0 Å². The maximum Gasteiger partial charge on any atom is 0.263 e. The highest BCUT2D eigenvalue weighted by atomic mass is 32.2. The van der Waals surface area contributed by atoms with Crippen LogP contribution in [0.25, 0.3) is 0 Å². The molecule has 0 unspecified atom stereocenters. The molecule has 1 amide bonds. The molecule has 0 radical (unpaired) electrons. The second kappa shape index (κ2) is 7.67. The van der Waals surface area contributed by atoms with Crippen LogP contribution in [0.3, 0.4) is 0 Å². The van der Waals surface area contributed by atoms with Crippen LogP contribution in [0.2, 0.25) is 0 Å². The molecular weight excluding hydrogens is 428 g/mol. The number of hydrogen-bond acceptors (Lipinski definition) is 6. The van der Waals surface area contributed by atoms with E-state index in [4.69, 9.17) is 4.42 Å². The zero-order chi connectivity index (χ0) is 22.3. The first-order chi connectivity index (χ1) is 15.4. The predicted molar refractivity (Wildman–Crippen MR) is 121 cm³/mol. The molecule has 8 nitrogen and oxygen atoms in total. The van der Waals surface area contributed by atoms with Gasteiger partial charge in [-0.2, -0.15) is 4.98 Å². The van der Waals surface area contributed by atoms with Crippen LogP contribution in [0.4, 0.5) is 17.2 Å². The van der Waals surface area contributed by atoms with Crippen LogP contribution in [-0.2, 0) is 10.0 Å². The van der Waals surface area contributed by atoms with Gasteiger partial charge < -0.3 is 9.73 Å². The first-order valence-corrected chi connectivity index (χ1v) is 12.1. The van der Waals surface area contributed by atoms with Crippen LogP contribution in [0.5, 0.6) is 0 Å². The maximum atomic E-state index is 13.6. The number of hydrogen-bond donors (Lipinski definition) is 2. The molecule has 1 aliphatic carbocycles. The molecule has 1 aromatic heterocycles. The smallest absolute Gasteiger partial charge is 0.263 e. The van der Waals surface area contributed by atoms with Crippen molar-refractivity contribution in [1.82, 2.24) is 4.98 Å². The largest absolute Gasteiger partial charge is 0.447 e. The second-order valence-electron chi connectivity index (χ2n) is 8.25. The summed E-state index contributed by atoms with van der Waals surface area (Å²) >= 11 is 0. The van der Waals surface area contributed by atoms with Gasteiger partial charge in [-0.25, -0.2) is 8.42 Å². The Morgan fingerprint density at radius 3 is 2.47 bits per heavy atom. The fourth-order valence-corrected chi connectivity index (χ4v) is 5.61. The average molecular weight is 453 g/mol. The molecule has 9 heteroatoms. The number of sulfonamides is 1. The van der Waals surface area contributed by atoms with Gasteiger partial charge in [0.2, 0.25) is 0 Å². The molecule has 0 saturated heterocycles. The van der Waals surface area contributed by atoms with Gasteiger partial charge in [-0.15, -0.1) is 0 Å². The van der Waals surface area contributed by atoms with Crippen LogP contribution in [0, 0.1) is 6.92 Å². The lowest BCUT2D eigenvalue weighted by atomic mass is 9.84. The number of aromatic nitrogens is 1. The van der Waals surface area contributed by atoms with E-state index in [1.54, 1.807) is 24.0 Å². The molecule has 0 bridgehead atoms. The van der Waals surface area contributed by atoms with Crippen molar-refractivity contribution in [2.24, 2.45) is 0 Å². The van der Waals surface area contributed by atoms with Gasteiger partial charge in [0.05, 0.1) is 10.5 Å². The first-order valence-electron chi connectivity index (χ1n) is 10.6. The lowest BCUT2D eigenvalue weighted by molar-refractivity contribution is 0.0938. The Labute approximate surface area is 186 Å². The van der Waals surface area contributed by atoms with Gasteiger partial charge >= 0.3 is 0 Å². The Morgan fingerprint density at radius 1 is 1.06 bits per heavy atom. The first kappa shape index (κ1) is 20.6. The van der Waals surface area contributed by atoms with E-state index in [2.05, 4.69) is 15.0 Å². The van der Waals surface area contributed by atoms with Gasteiger partial charge in [0.15, 0.2) is 11.7 Å². The maximum absolute atomic E-state index is 13.6.